The van der Waals surface area contributed by atoms with Gasteiger partial charge in [-0.15, -0.1) is 0 Å². The van der Waals surface area contributed by atoms with E-state index in [4.69, 9.17) is 4.98 Å². The highest BCUT2D eigenvalue weighted by Gasteiger charge is 2.13. The summed E-state index contributed by atoms with van der Waals surface area (Å²) in [6, 6.07) is 18.3. The number of benzene rings is 2. The number of aryl methyl sites for hydroxylation is 1. The van der Waals surface area contributed by atoms with Gasteiger partial charge in [-0.3, -0.25) is 9.78 Å². The molecular formula is C26H29N5OS. The number of likely N-dealkylation sites (N-methyl/N-ethyl adjacent to an activating group) is 1. The van der Waals surface area contributed by atoms with Crippen LogP contribution in [0, 0.1) is 6.92 Å². The fourth-order valence-electron chi connectivity index (χ4n) is 3.60. The molecule has 4 aromatic rings. The number of hydrogen-bond donors (Lipinski definition) is 1. The second kappa shape index (κ2) is 10.6. The van der Waals surface area contributed by atoms with E-state index in [1.165, 1.54) is 11.1 Å². The number of pyridine rings is 1. The van der Waals surface area contributed by atoms with Crippen molar-refractivity contribution in [1.82, 2.24) is 24.8 Å². The summed E-state index contributed by atoms with van der Waals surface area (Å²) >= 11 is 1.73. The fourth-order valence-corrected chi connectivity index (χ4v) is 4.56. The fraction of sp³-hybridized carbons (Fsp3) is 0.269. The zero-order valence-electron chi connectivity index (χ0n) is 19.3. The van der Waals surface area contributed by atoms with Gasteiger partial charge >= 0.3 is 0 Å². The standard InChI is InChI=1S/C26H29N5OS/c1-19-5-4-6-21(15-19)18-33-26-29-23-11-12-27-16-24(23)31(26)17-20-7-9-22(10-8-20)25(32)28-13-14-30(2)3/h4-12,15-16H,13-14,17-18H2,1-3H3,(H,28,32). The molecule has 1 N–H and O–H groups in total. The number of hydrogen-bond acceptors (Lipinski definition) is 5. The molecule has 7 heteroatoms. The van der Waals surface area contributed by atoms with Gasteiger partial charge in [0.05, 0.1) is 23.8 Å². The number of thioether (sulfide) groups is 1. The summed E-state index contributed by atoms with van der Waals surface area (Å²) in [6.45, 7) is 4.22. The molecule has 6 nitrogen and oxygen atoms in total. The second-order valence-electron chi connectivity index (χ2n) is 8.38. The van der Waals surface area contributed by atoms with Crippen molar-refractivity contribution in [3.8, 4) is 0 Å². The zero-order valence-corrected chi connectivity index (χ0v) is 20.1. The number of carbonyl (C=O) groups excluding carboxylic acids is 1. The first-order valence-corrected chi connectivity index (χ1v) is 12.0. The molecule has 0 saturated carbocycles. The van der Waals surface area contributed by atoms with Crippen LogP contribution in [0.1, 0.15) is 27.0 Å². The number of fused-ring (bicyclic) bond motifs is 1. The van der Waals surface area contributed by atoms with E-state index in [-0.39, 0.29) is 5.91 Å². The Morgan fingerprint density at radius 1 is 1.09 bits per heavy atom. The summed E-state index contributed by atoms with van der Waals surface area (Å²) in [5, 5.41) is 3.92. The average molecular weight is 460 g/mol. The van der Waals surface area contributed by atoms with Gasteiger partial charge in [-0.25, -0.2) is 4.98 Å². The summed E-state index contributed by atoms with van der Waals surface area (Å²) in [7, 11) is 3.98. The van der Waals surface area contributed by atoms with Crippen molar-refractivity contribution in [2.45, 2.75) is 24.4 Å². The molecule has 0 fully saturated rings. The van der Waals surface area contributed by atoms with Gasteiger partial charge in [-0.05, 0) is 50.3 Å². The Labute approximate surface area is 199 Å². The molecule has 4 rings (SSSR count). The molecule has 33 heavy (non-hydrogen) atoms. The molecule has 1 amide bonds. The monoisotopic (exact) mass is 459 g/mol. The minimum absolute atomic E-state index is 0.0462. The molecule has 170 valence electrons. The average Bonchev–Trinajstić information content (AvgIpc) is 3.15. The van der Waals surface area contributed by atoms with Crippen LogP contribution in [0.25, 0.3) is 11.0 Å². The predicted octanol–water partition coefficient (Wildman–Crippen LogP) is 4.37. The number of amides is 1. The maximum absolute atomic E-state index is 12.4. The van der Waals surface area contributed by atoms with Crippen molar-refractivity contribution in [2.75, 3.05) is 27.2 Å². The number of carbonyl (C=O) groups is 1. The highest BCUT2D eigenvalue weighted by molar-refractivity contribution is 7.98. The van der Waals surface area contributed by atoms with Gasteiger partial charge in [-0.1, -0.05) is 53.7 Å². The summed E-state index contributed by atoms with van der Waals surface area (Å²) in [6.07, 6.45) is 3.64. The summed E-state index contributed by atoms with van der Waals surface area (Å²) in [5.41, 5.74) is 6.27. The highest BCUT2D eigenvalue weighted by atomic mass is 32.2. The smallest absolute Gasteiger partial charge is 0.251 e. The van der Waals surface area contributed by atoms with Crippen LogP contribution in [0.2, 0.25) is 0 Å². The number of rotatable bonds is 9. The van der Waals surface area contributed by atoms with Crippen molar-refractivity contribution in [2.24, 2.45) is 0 Å². The molecular weight excluding hydrogens is 430 g/mol. The van der Waals surface area contributed by atoms with Crippen molar-refractivity contribution >= 4 is 28.7 Å². The molecule has 0 unspecified atom stereocenters. The van der Waals surface area contributed by atoms with Crippen molar-refractivity contribution < 1.29 is 4.79 Å². The Morgan fingerprint density at radius 2 is 1.91 bits per heavy atom. The second-order valence-corrected chi connectivity index (χ2v) is 9.32. The molecule has 2 aromatic heterocycles. The minimum atomic E-state index is -0.0462. The van der Waals surface area contributed by atoms with E-state index in [1.807, 2.05) is 55.5 Å². The quantitative estimate of drug-likeness (QED) is 0.377. The third-order valence-corrected chi connectivity index (χ3v) is 6.41. The van der Waals surface area contributed by atoms with E-state index < -0.39 is 0 Å². The van der Waals surface area contributed by atoms with Gasteiger partial charge in [0.15, 0.2) is 5.16 Å². The van der Waals surface area contributed by atoms with Gasteiger partial charge in [0.2, 0.25) is 0 Å². The van der Waals surface area contributed by atoms with Gasteiger partial charge in [-0.2, -0.15) is 0 Å². The highest BCUT2D eigenvalue weighted by Crippen LogP contribution is 2.27. The number of imidazole rings is 1. The lowest BCUT2D eigenvalue weighted by Gasteiger charge is -2.11. The van der Waals surface area contributed by atoms with Gasteiger partial charge in [0, 0.05) is 30.6 Å². The Hall–Kier alpha value is -3.16. The first-order valence-electron chi connectivity index (χ1n) is 11.0. The molecule has 0 bridgehead atoms. The lowest BCUT2D eigenvalue weighted by Crippen LogP contribution is -2.31. The van der Waals surface area contributed by atoms with Crippen molar-refractivity contribution in [3.63, 3.8) is 0 Å². The van der Waals surface area contributed by atoms with Gasteiger partial charge in [0.1, 0.15) is 0 Å². The van der Waals surface area contributed by atoms with E-state index in [0.717, 1.165) is 34.1 Å². The largest absolute Gasteiger partial charge is 0.351 e. The van der Waals surface area contributed by atoms with Gasteiger partial charge < -0.3 is 14.8 Å². The normalized spacial score (nSPS) is 11.3. The summed E-state index contributed by atoms with van der Waals surface area (Å²) in [4.78, 5) is 23.6. The molecule has 0 aliphatic carbocycles. The van der Waals surface area contributed by atoms with E-state index in [1.54, 1.807) is 18.0 Å². The van der Waals surface area contributed by atoms with Crippen LogP contribution in [-0.2, 0) is 12.3 Å². The van der Waals surface area contributed by atoms with Crippen LogP contribution >= 0.6 is 11.8 Å². The van der Waals surface area contributed by atoms with Gasteiger partial charge in [0.25, 0.3) is 5.91 Å². The van der Waals surface area contributed by atoms with Crippen LogP contribution in [-0.4, -0.2) is 52.5 Å². The van der Waals surface area contributed by atoms with Crippen LogP contribution in [0.3, 0.4) is 0 Å². The van der Waals surface area contributed by atoms with Crippen molar-refractivity contribution in [1.29, 1.82) is 0 Å². The van der Waals surface area contributed by atoms with Crippen LogP contribution in [0.15, 0.2) is 72.1 Å². The molecule has 0 atom stereocenters. The lowest BCUT2D eigenvalue weighted by atomic mass is 10.1. The van der Waals surface area contributed by atoms with E-state index >= 15 is 0 Å². The number of nitrogens with one attached hydrogen (secondary N) is 1. The molecule has 0 aliphatic rings. The number of aromatic nitrogens is 3. The SMILES string of the molecule is Cc1cccc(CSc2nc3ccncc3n2Cc2ccc(C(=O)NCCN(C)C)cc2)c1. The van der Waals surface area contributed by atoms with Crippen LogP contribution in [0.5, 0.6) is 0 Å². The molecule has 0 aliphatic heterocycles. The molecule has 2 heterocycles. The number of nitrogens with zero attached hydrogens (tertiary/aromatic N) is 4. The third kappa shape index (κ3) is 6.00. The predicted molar refractivity (Wildman–Crippen MR) is 135 cm³/mol. The Morgan fingerprint density at radius 3 is 2.67 bits per heavy atom. The molecule has 0 saturated heterocycles. The van der Waals surface area contributed by atoms with Crippen LogP contribution in [0.4, 0.5) is 0 Å². The zero-order chi connectivity index (χ0) is 23.2. The maximum Gasteiger partial charge on any atom is 0.251 e. The lowest BCUT2D eigenvalue weighted by molar-refractivity contribution is 0.0951. The summed E-state index contributed by atoms with van der Waals surface area (Å²) < 4.78 is 2.20. The Kier molecular flexibility index (Phi) is 7.42. The third-order valence-electron chi connectivity index (χ3n) is 5.37. The van der Waals surface area contributed by atoms with E-state index in [9.17, 15) is 4.79 Å². The first-order chi connectivity index (χ1) is 16.0. The Balaban J connectivity index is 1.50. The Bertz CT molecular complexity index is 1230. The molecule has 2 aromatic carbocycles. The summed E-state index contributed by atoms with van der Waals surface area (Å²) in [5.74, 6) is 0.805. The maximum atomic E-state index is 12.4. The van der Waals surface area contributed by atoms with E-state index in [0.29, 0.717) is 18.7 Å². The molecule has 0 radical (unpaired) electrons. The minimum Gasteiger partial charge on any atom is -0.351 e. The van der Waals surface area contributed by atoms with E-state index in [2.05, 4.69) is 46.1 Å². The molecule has 0 spiro atoms. The van der Waals surface area contributed by atoms with Crippen molar-refractivity contribution in [3.05, 3.63) is 89.2 Å². The topological polar surface area (TPSA) is 63.1 Å². The first kappa shape index (κ1) is 23.0. The van der Waals surface area contributed by atoms with Crippen LogP contribution < -0.4 is 5.32 Å².